The van der Waals surface area contributed by atoms with Gasteiger partial charge in [-0.05, 0) is 74.1 Å². The maximum Gasteiger partial charge on any atom is 0.310 e. The lowest BCUT2D eigenvalue weighted by molar-refractivity contribution is -0.147. The van der Waals surface area contributed by atoms with Crippen molar-refractivity contribution in [3.63, 3.8) is 0 Å². The zero-order valence-electron chi connectivity index (χ0n) is 25.5. The molecule has 5 rings (SSSR count). The highest BCUT2D eigenvalue weighted by Crippen LogP contribution is 2.44. The topological polar surface area (TPSA) is 118 Å². The maximum atomic E-state index is 13.9. The number of hydrogen-bond acceptors (Lipinski definition) is 6. The van der Waals surface area contributed by atoms with E-state index in [1.54, 1.807) is 24.6 Å². The van der Waals surface area contributed by atoms with Gasteiger partial charge in [0.2, 0.25) is 0 Å². The van der Waals surface area contributed by atoms with E-state index in [-0.39, 0.29) is 18.4 Å². The van der Waals surface area contributed by atoms with Crippen molar-refractivity contribution in [2.45, 2.75) is 66.2 Å². The van der Waals surface area contributed by atoms with Crippen molar-refractivity contribution in [2.24, 2.45) is 12.5 Å². The Bertz CT molecular complexity index is 1630. The monoisotopic (exact) mass is 590 g/mol. The van der Waals surface area contributed by atoms with Crippen molar-refractivity contribution < 1.29 is 28.9 Å². The Morgan fingerprint density at radius 2 is 1.91 bits per heavy atom. The molecule has 2 N–H and O–H groups in total. The highest BCUT2D eigenvalue weighted by Gasteiger charge is 2.40. The smallest absolute Gasteiger partial charge is 0.310 e. The zero-order chi connectivity index (χ0) is 31.5. The Hall–Kier alpha value is -4.31. The Morgan fingerprint density at radius 3 is 2.58 bits per heavy atom. The molecule has 43 heavy (non-hydrogen) atoms. The number of carboxylic acid groups (broad SMARTS) is 2. The Labute approximate surface area is 250 Å². The molecule has 0 aliphatic carbocycles. The number of fused-ring (bicyclic) bond motifs is 2. The number of ether oxygens (including phenoxy) is 1. The molecule has 1 aliphatic rings. The number of halogens is 1. The number of aromatic nitrogens is 3. The number of carbonyl (C=O) groups is 2. The number of benzene rings is 3. The fourth-order valence-electron chi connectivity index (χ4n) is 5.86. The molecule has 1 aliphatic heterocycles. The van der Waals surface area contributed by atoms with Crippen LogP contribution >= 0.6 is 0 Å². The molecule has 2 atom stereocenters. The van der Waals surface area contributed by atoms with Gasteiger partial charge in [-0.3, -0.25) is 14.5 Å². The molecule has 3 aromatic carbocycles. The van der Waals surface area contributed by atoms with Crippen molar-refractivity contribution in [1.82, 2.24) is 19.9 Å². The molecule has 0 bridgehead atoms. The summed E-state index contributed by atoms with van der Waals surface area (Å²) in [6.07, 6.45) is 0.761. The number of nitrogens with zero attached hydrogens (tertiary/aromatic N) is 4. The van der Waals surface area contributed by atoms with Crippen LogP contribution in [0, 0.1) is 25.1 Å². The van der Waals surface area contributed by atoms with Crippen LogP contribution < -0.4 is 4.74 Å². The van der Waals surface area contributed by atoms with Crippen molar-refractivity contribution in [3.8, 4) is 5.75 Å². The third kappa shape index (κ3) is 6.54. The maximum absolute atomic E-state index is 13.9. The van der Waals surface area contributed by atoms with E-state index in [1.165, 1.54) is 12.1 Å². The van der Waals surface area contributed by atoms with Gasteiger partial charge in [-0.25, -0.2) is 9.07 Å². The predicted octanol–water partition coefficient (Wildman–Crippen LogP) is 5.84. The fourth-order valence-corrected chi connectivity index (χ4v) is 5.86. The SMILES string of the molecule is CC[C@@H]1CN(Cc2cc(C(c3ccc4c(nnn4C)c3C)C(C)(C)C(=O)O)ccc2C)Cc2ccc(F)cc2O1.O=CO. The van der Waals surface area contributed by atoms with Crippen LogP contribution in [0.1, 0.15) is 66.5 Å². The molecule has 1 aromatic heterocycles. The second-order valence-electron chi connectivity index (χ2n) is 11.7. The minimum atomic E-state index is -1.08. The normalized spacial score (nSPS) is 15.9. The third-order valence-electron chi connectivity index (χ3n) is 8.40. The second-order valence-corrected chi connectivity index (χ2v) is 11.7. The van der Waals surface area contributed by atoms with E-state index in [9.17, 15) is 14.3 Å². The van der Waals surface area contributed by atoms with Crippen LogP contribution in [0.2, 0.25) is 0 Å². The molecule has 2 heterocycles. The van der Waals surface area contributed by atoms with E-state index >= 15 is 0 Å². The van der Waals surface area contributed by atoms with Gasteiger partial charge in [0.1, 0.15) is 23.2 Å². The molecule has 1 unspecified atom stereocenters. The summed E-state index contributed by atoms with van der Waals surface area (Å²) in [6.45, 7) is 11.5. The molecule has 0 amide bonds. The quantitative estimate of drug-likeness (QED) is 0.258. The standard InChI is InChI=1S/C32H37FN4O3.CH2O2/c1-7-25-18-37(16-22-10-11-24(33)15-28(22)40-25)17-23-14-21(9-8-19(23)2)29(32(4,5)31(38)39)26-12-13-27-30(20(26)3)34-35-36(27)6;2-1-3/h8-15,25,29H,7,16-18H2,1-6H3,(H,38,39);1H,(H,2,3)/t25-,29?;/m1./s1. The molecular formula is C33H39FN4O5. The molecule has 4 aromatic rings. The van der Waals surface area contributed by atoms with E-state index < -0.39 is 17.3 Å². The van der Waals surface area contributed by atoms with Gasteiger partial charge in [0.15, 0.2) is 0 Å². The molecule has 10 heteroatoms. The Balaban J connectivity index is 0.00000135. The molecule has 0 radical (unpaired) electrons. The average Bonchev–Trinajstić information content (AvgIpc) is 3.24. The van der Waals surface area contributed by atoms with Crippen molar-refractivity contribution >= 4 is 23.5 Å². The lowest BCUT2D eigenvalue weighted by atomic mass is 9.69. The number of aryl methyl sites for hydroxylation is 3. The first-order valence-corrected chi connectivity index (χ1v) is 14.3. The summed E-state index contributed by atoms with van der Waals surface area (Å²) >= 11 is 0. The van der Waals surface area contributed by atoms with Gasteiger partial charge < -0.3 is 14.9 Å². The Kier molecular flexibility index (Phi) is 9.49. The van der Waals surface area contributed by atoms with Crippen molar-refractivity contribution in [3.05, 3.63) is 87.7 Å². The van der Waals surface area contributed by atoms with Gasteiger partial charge in [-0.15, -0.1) is 5.10 Å². The van der Waals surface area contributed by atoms with Crippen LogP contribution in [-0.4, -0.2) is 55.2 Å². The van der Waals surface area contributed by atoms with Gasteiger partial charge in [0.05, 0.1) is 10.9 Å². The summed E-state index contributed by atoms with van der Waals surface area (Å²) < 4.78 is 21.8. The first kappa shape index (κ1) is 31.6. The van der Waals surface area contributed by atoms with Crippen LogP contribution in [0.5, 0.6) is 5.75 Å². The molecule has 9 nitrogen and oxygen atoms in total. The van der Waals surface area contributed by atoms with E-state index in [0.717, 1.165) is 50.8 Å². The predicted molar refractivity (Wildman–Crippen MR) is 162 cm³/mol. The van der Waals surface area contributed by atoms with Gasteiger partial charge in [-0.2, -0.15) is 0 Å². The molecule has 0 spiro atoms. The van der Waals surface area contributed by atoms with E-state index in [0.29, 0.717) is 25.4 Å². The summed E-state index contributed by atoms with van der Waals surface area (Å²) in [7, 11) is 1.85. The van der Waals surface area contributed by atoms with E-state index in [2.05, 4.69) is 41.2 Å². The van der Waals surface area contributed by atoms with Crippen molar-refractivity contribution in [1.29, 1.82) is 0 Å². The number of carboxylic acids is 1. The van der Waals surface area contributed by atoms with E-state index in [1.807, 2.05) is 32.2 Å². The molecule has 228 valence electrons. The van der Waals surface area contributed by atoms with Crippen LogP contribution in [0.4, 0.5) is 4.39 Å². The number of rotatable bonds is 7. The van der Waals surface area contributed by atoms with Crippen LogP contribution in [0.3, 0.4) is 0 Å². The third-order valence-corrected chi connectivity index (χ3v) is 8.40. The van der Waals surface area contributed by atoms with Gasteiger partial charge >= 0.3 is 5.97 Å². The van der Waals surface area contributed by atoms with Crippen LogP contribution in [-0.2, 0) is 29.7 Å². The number of hydrogen-bond donors (Lipinski definition) is 2. The fraction of sp³-hybridized carbons (Fsp3) is 0.394. The summed E-state index contributed by atoms with van der Waals surface area (Å²) in [4.78, 5) is 23.3. The first-order chi connectivity index (χ1) is 20.4. The van der Waals surface area contributed by atoms with Crippen LogP contribution in [0.15, 0.2) is 48.5 Å². The largest absolute Gasteiger partial charge is 0.489 e. The summed E-state index contributed by atoms with van der Waals surface area (Å²) in [5.74, 6) is -0.960. The highest BCUT2D eigenvalue weighted by atomic mass is 19.1. The minimum Gasteiger partial charge on any atom is -0.489 e. The first-order valence-electron chi connectivity index (χ1n) is 14.3. The summed E-state index contributed by atoms with van der Waals surface area (Å²) in [6, 6.07) is 15.0. The Morgan fingerprint density at radius 1 is 1.19 bits per heavy atom. The van der Waals surface area contributed by atoms with E-state index in [4.69, 9.17) is 14.6 Å². The molecule has 0 saturated carbocycles. The number of aliphatic carboxylic acids is 1. The molecular weight excluding hydrogens is 551 g/mol. The van der Waals surface area contributed by atoms with Gasteiger partial charge in [0.25, 0.3) is 6.47 Å². The summed E-state index contributed by atoms with van der Waals surface area (Å²) in [5, 5.41) is 25.8. The summed E-state index contributed by atoms with van der Waals surface area (Å²) in [5.41, 5.74) is 6.64. The lowest BCUT2D eigenvalue weighted by Crippen LogP contribution is -2.33. The average molecular weight is 591 g/mol. The zero-order valence-corrected chi connectivity index (χ0v) is 25.5. The lowest BCUT2D eigenvalue weighted by Gasteiger charge is -2.33. The molecule has 0 fully saturated rings. The second kappa shape index (κ2) is 12.9. The van der Waals surface area contributed by atoms with Gasteiger partial charge in [0, 0.05) is 44.2 Å². The molecule has 0 saturated heterocycles. The minimum absolute atomic E-state index is 0.0495. The van der Waals surface area contributed by atoms with Crippen LogP contribution in [0.25, 0.3) is 11.0 Å². The van der Waals surface area contributed by atoms with Gasteiger partial charge in [-0.1, -0.05) is 42.5 Å². The highest BCUT2D eigenvalue weighted by molar-refractivity contribution is 5.81. The van der Waals surface area contributed by atoms with Crippen molar-refractivity contribution in [2.75, 3.05) is 6.54 Å².